The molecule has 9 heteroatoms. The molecule has 0 aliphatic carbocycles. The van der Waals surface area contributed by atoms with Crippen LogP contribution in [0.3, 0.4) is 0 Å². The molecule has 1 aliphatic rings. The average molecular weight is 366 g/mol. The van der Waals surface area contributed by atoms with Gasteiger partial charge in [0.15, 0.2) is 6.10 Å². The molecule has 138 valence electrons. The Bertz CT molecular complexity index is 923. The molecule has 1 aromatic heterocycles. The summed E-state index contributed by atoms with van der Waals surface area (Å²) in [6.07, 6.45) is -2.57. The van der Waals surface area contributed by atoms with Crippen molar-refractivity contribution in [3.8, 4) is 0 Å². The minimum atomic E-state index is -3.30. The number of aryl methyl sites for hydroxylation is 1. The number of ether oxygens (including phenoxy) is 2. The molecule has 0 unspecified atom stereocenters. The Hall–Kier alpha value is -2.81. The van der Waals surface area contributed by atoms with Crippen molar-refractivity contribution in [1.82, 2.24) is 9.55 Å². The van der Waals surface area contributed by atoms with Gasteiger partial charge < -0.3 is 9.47 Å². The molecule has 0 amide bonds. The number of aromatic nitrogens is 2. The highest BCUT2D eigenvalue weighted by molar-refractivity contribution is 5.89. The number of carbonyl (C=O) groups excluding carboxylic acids is 1. The summed E-state index contributed by atoms with van der Waals surface area (Å²) >= 11 is 0. The quantitative estimate of drug-likeness (QED) is 0.831. The van der Waals surface area contributed by atoms with Crippen molar-refractivity contribution in [2.24, 2.45) is 0 Å². The number of benzene rings is 1. The van der Waals surface area contributed by atoms with Crippen LogP contribution in [0.25, 0.3) is 0 Å². The molecule has 2 aromatic rings. The van der Waals surface area contributed by atoms with Crippen LogP contribution in [0, 0.1) is 6.92 Å². The topological polar surface area (TPSA) is 90.4 Å². The fourth-order valence-electron chi connectivity index (χ4n) is 2.64. The molecule has 2 atom stereocenters. The monoisotopic (exact) mass is 366 g/mol. The lowest BCUT2D eigenvalue weighted by Crippen LogP contribution is -2.34. The number of rotatable bonds is 4. The van der Waals surface area contributed by atoms with Gasteiger partial charge in [0.2, 0.25) is 0 Å². The Kier molecular flexibility index (Phi) is 4.73. The highest BCUT2D eigenvalue weighted by atomic mass is 19.3. The predicted octanol–water partition coefficient (Wildman–Crippen LogP) is 1.62. The first-order valence-corrected chi connectivity index (χ1v) is 7.85. The summed E-state index contributed by atoms with van der Waals surface area (Å²) in [6.45, 7) is 0.787. The zero-order valence-electron chi connectivity index (χ0n) is 13.8. The average Bonchev–Trinajstić information content (AvgIpc) is 2.91. The Labute approximate surface area is 146 Å². The van der Waals surface area contributed by atoms with Crippen LogP contribution in [-0.4, -0.2) is 34.2 Å². The number of hydrogen-bond donors (Lipinski definition) is 1. The van der Waals surface area contributed by atoms with Crippen LogP contribution < -0.4 is 11.2 Å². The second-order valence-electron chi connectivity index (χ2n) is 5.99. The lowest BCUT2D eigenvalue weighted by atomic mass is 10.1. The van der Waals surface area contributed by atoms with Gasteiger partial charge >= 0.3 is 11.7 Å². The number of alkyl halides is 2. The van der Waals surface area contributed by atoms with Gasteiger partial charge in [0, 0.05) is 11.8 Å². The third-order valence-corrected chi connectivity index (χ3v) is 4.07. The highest BCUT2D eigenvalue weighted by Crippen LogP contribution is 2.40. The van der Waals surface area contributed by atoms with E-state index in [9.17, 15) is 23.2 Å². The van der Waals surface area contributed by atoms with Gasteiger partial charge in [-0.25, -0.2) is 18.4 Å². The summed E-state index contributed by atoms with van der Waals surface area (Å²) in [6, 6.07) is 7.96. The second kappa shape index (κ2) is 6.83. The largest absolute Gasteiger partial charge is 0.459 e. The minimum absolute atomic E-state index is 0.190. The van der Waals surface area contributed by atoms with Crippen molar-refractivity contribution < 1.29 is 23.0 Å². The predicted molar refractivity (Wildman–Crippen MR) is 86.3 cm³/mol. The van der Waals surface area contributed by atoms with Gasteiger partial charge in [0.1, 0.15) is 12.8 Å². The number of H-pyrrole nitrogens is 1. The van der Waals surface area contributed by atoms with Crippen LogP contribution in [0.1, 0.15) is 28.6 Å². The molecule has 0 bridgehead atoms. The van der Waals surface area contributed by atoms with E-state index in [-0.39, 0.29) is 11.1 Å². The van der Waals surface area contributed by atoms with Crippen LogP contribution in [0.4, 0.5) is 8.78 Å². The van der Waals surface area contributed by atoms with Gasteiger partial charge in [0.25, 0.3) is 11.5 Å². The maximum atomic E-state index is 14.2. The number of halogens is 2. The van der Waals surface area contributed by atoms with Crippen molar-refractivity contribution in [2.45, 2.75) is 31.6 Å². The van der Waals surface area contributed by atoms with Gasteiger partial charge in [-0.3, -0.25) is 14.3 Å². The Balaban J connectivity index is 1.72. The van der Waals surface area contributed by atoms with Crippen molar-refractivity contribution in [2.75, 3.05) is 6.61 Å². The number of carbonyl (C=O) groups is 1. The van der Waals surface area contributed by atoms with Crippen LogP contribution in [0.15, 0.2) is 46.1 Å². The van der Waals surface area contributed by atoms with Gasteiger partial charge in [0.05, 0.1) is 12.0 Å². The Morgan fingerprint density at radius 1 is 1.35 bits per heavy atom. The third kappa shape index (κ3) is 3.57. The SMILES string of the molecule is Cc1cn([C@@H]2CC(F)(F)[C@H](COC(=O)c3ccccc3)O2)c(=O)[nH]c1=O. The second-order valence-corrected chi connectivity index (χ2v) is 5.99. The van der Waals surface area contributed by atoms with Crippen LogP contribution in [0.5, 0.6) is 0 Å². The van der Waals surface area contributed by atoms with E-state index in [0.717, 1.165) is 4.57 Å². The van der Waals surface area contributed by atoms with Crippen molar-refractivity contribution in [1.29, 1.82) is 0 Å². The summed E-state index contributed by atoms with van der Waals surface area (Å²) in [4.78, 5) is 37.2. The maximum Gasteiger partial charge on any atom is 0.338 e. The first-order chi connectivity index (χ1) is 12.3. The summed E-state index contributed by atoms with van der Waals surface area (Å²) in [7, 11) is 0. The fraction of sp³-hybridized carbons (Fsp3) is 0.353. The van der Waals surface area contributed by atoms with E-state index in [1.807, 2.05) is 4.98 Å². The van der Waals surface area contributed by atoms with Crippen LogP contribution >= 0.6 is 0 Å². The van der Waals surface area contributed by atoms with E-state index >= 15 is 0 Å². The lowest BCUT2D eigenvalue weighted by Gasteiger charge is -2.17. The number of nitrogens with zero attached hydrogens (tertiary/aromatic N) is 1. The molecule has 1 aliphatic heterocycles. The van der Waals surface area contributed by atoms with E-state index in [0.29, 0.717) is 0 Å². The normalized spacial score (nSPS) is 21.5. The maximum absolute atomic E-state index is 14.2. The molecular formula is C17H16F2N2O5. The third-order valence-electron chi connectivity index (χ3n) is 4.07. The smallest absolute Gasteiger partial charge is 0.338 e. The van der Waals surface area contributed by atoms with Crippen molar-refractivity contribution in [3.63, 3.8) is 0 Å². The molecule has 0 saturated carbocycles. The van der Waals surface area contributed by atoms with Gasteiger partial charge in [-0.15, -0.1) is 0 Å². The van der Waals surface area contributed by atoms with E-state index in [2.05, 4.69) is 0 Å². The molecular weight excluding hydrogens is 350 g/mol. The fourth-order valence-corrected chi connectivity index (χ4v) is 2.64. The summed E-state index contributed by atoms with van der Waals surface area (Å²) in [5.74, 6) is -4.05. The van der Waals surface area contributed by atoms with Crippen LogP contribution in [0.2, 0.25) is 0 Å². The first-order valence-electron chi connectivity index (χ1n) is 7.85. The minimum Gasteiger partial charge on any atom is -0.459 e. The summed E-state index contributed by atoms with van der Waals surface area (Å²) in [5, 5.41) is 0. The Morgan fingerprint density at radius 2 is 2.04 bits per heavy atom. The Morgan fingerprint density at radius 3 is 2.73 bits per heavy atom. The zero-order chi connectivity index (χ0) is 18.9. The summed E-state index contributed by atoms with van der Waals surface area (Å²) in [5.41, 5.74) is -1.01. The molecule has 0 radical (unpaired) electrons. The first kappa shape index (κ1) is 18.0. The van der Waals surface area contributed by atoms with E-state index in [1.54, 1.807) is 18.2 Å². The van der Waals surface area contributed by atoms with E-state index in [1.165, 1.54) is 25.3 Å². The van der Waals surface area contributed by atoms with Crippen molar-refractivity contribution >= 4 is 5.97 Å². The molecule has 3 rings (SSSR count). The standard InChI is InChI=1S/C17H16F2N2O5/c1-10-8-21(16(24)20-14(10)22)13-7-17(18,19)12(26-13)9-25-15(23)11-5-3-2-4-6-11/h2-6,8,12-13H,7,9H2,1H3,(H,20,22,24)/t12-,13-/m0/s1. The highest BCUT2D eigenvalue weighted by Gasteiger charge is 2.51. The molecule has 26 heavy (non-hydrogen) atoms. The number of hydrogen-bond acceptors (Lipinski definition) is 5. The summed E-state index contributed by atoms with van der Waals surface area (Å²) < 4.78 is 39.5. The van der Waals surface area contributed by atoms with Gasteiger partial charge in [-0.05, 0) is 19.1 Å². The number of aromatic amines is 1. The molecule has 2 heterocycles. The zero-order valence-corrected chi connectivity index (χ0v) is 13.8. The van der Waals surface area contributed by atoms with E-state index in [4.69, 9.17) is 9.47 Å². The molecule has 1 aromatic carbocycles. The molecule has 1 saturated heterocycles. The van der Waals surface area contributed by atoms with Gasteiger partial charge in [-0.1, -0.05) is 18.2 Å². The molecule has 1 fully saturated rings. The molecule has 0 spiro atoms. The van der Waals surface area contributed by atoms with Crippen molar-refractivity contribution in [3.05, 3.63) is 68.5 Å². The van der Waals surface area contributed by atoms with Crippen LogP contribution in [-0.2, 0) is 9.47 Å². The molecule has 1 N–H and O–H groups in total. The van der Waals surface area contributed by atoms with Gasteiger partial charge in [-0.2, -0.15) is 0 Å². The number of nitrogens with one attached hydrogen (secondary N) is 1. The molecule has 7 nitrogen and oxygen atoms in total. The lowest BCUT2D eigenvalue weighted by molar-refractivity contribution is -0.105. The van der Waals surface area contributed by atoms with E-state index < -0.39 is 48.5 Å². The number of esters is 1.